The van der Waals surface area contributed by atoms with Crippen molar-refractivity contribution in [2.24, 2.45) is 5.92 Å². The summed E-state index contributed by atoms with van der Waals surface area (Å²) < 4.78 is 23.6. The summed E-state index contributed by atoms with van der Waals surface area (Å²) in [6.07, 6.45) is 1.82. The van der Waals surface area contributed by atoms with Crippen molar-refractivity contribution in [1.82, 2.24) is 5.32 Å². The topological polar surface area (TPSA) is 101 Å². The largest absolute Gasteiger partial charge is 0.480 e. The smallest absolute Gasteiger partial charge is 0.326 e. The Labute approximate surface area is 113 Å². The second kappa shape index (κ2) is 6.36. The number of carboxylic acid groups (broad SMARTS) is 1. The normalized spacial score (nSPS) is 23.8. The van der Waals surface area contributed by atoms with Crippen LogP contribution in [0.4, 0.5) is 0 Å². The summed E-state index contributed by atoms with van der Waals surface area (Å²) in [5.74, 6) is -1.69. The summed E-state index contributed by atoms with van der Waals surface area (Å²) in [4.78, 5) is 23.0. The van der Waals surface area contributed by atoms with E-state index in [0.717, 1.165) is 0 Å². The number of hydrogen-bond acceptors (Lipinski definition) is 4. The minimum atomic E-state index is -3.43. The predicted molar refractivity (Wildman–Crippen MR) is 70.4 cm³/mol. The quantitative estimate of drug-likeness (QED) is 0.771. The van der Waals surface area contributed by atoms with Gasteiger partial charge in [0.2, 0.25) is 5.91 Å². The number of carbonyl (C=O) groups is 2. The molecule has 6 nitrogen and oxygen atoms in total. The summed E-state index contributed by atoms with van der Waals surface area (Å²) >= 11 is 0. The molecule has 0 aliphatic carbocycles. The van der Waals surface area contributed by atoms with Crippen LogP contribution in [-0.4, -0.2) is 42.4 Å². The molecule has 1 amide bonds. The first-order chi connectivity index (χ1) is 8.74. The van der Waals surface area contributed by atoms with Crippen molar-refractivity contribution in [2.45, 2.75) is 50.8 Å². The molecule has 1 saturated heterocycles. The Morgan fingerprint density at radius 3 is 2.42 bits per heavy atom. The van der Waals surface area contributed by atoms with E-state index in [4.69, 9.17) is 5.11 Å². The second-order valence-corrected chi connectivity index (χ2v) is 7.68. The first-order valence-electron chi connectivity index (χ1n) is 6.49. The van der Waals surface area contributed by atoms with Gasteiger partial charge in [-0.05, 0) is 25.2 Å². The number of hydrogen-bond donors (Lipinski definition) is 2. The van der Waals surface area contributed by atoms with E-state index in [0.29, 0.717) is 12.8 Å². The van der Waals surface area contributed by atoms with Gasteiger partial charge in [0.25, 0.3) is 0 Å². The summed E-state index contributed by atoms with van der Waals surface area (Å²) in [6.45, 7) is 3.69. The molecule has 2 N–H and O–H groups in total. The first kappa shape index (κ1) is 15.9. The maximum Gasteiger partial charge on any atom is 0.326 e. The lowest BCUT2D eigenvalue weighted by Crippen LogP contribution is -2.49. The highest BCUT2D eigenvalue weighted by Gasteiger charge is 2.36. The van der Waals surface area contributed by atoms with E-state index in [-0.39, 0.29) is 24.5 Å². The van der Waals surface area contributed by atoms with Gasteiger partial charge in [0.15, 0.2) is 9.84 Å². The van der Waals surface area contributed by atoms with Crippen LogP contribution in [0.1, 0.15) is 39.5 Å². The van der Waals surface area contributed by atoms with Gasteiger partial charge in [-0.2, -0.15) is 0 Å². The summed E-state index contributed by atoms with van der Waals surface area (Å²) in [5, 5.41) is 10.3. The fraction of sp³-hybridized carbons (Fsp3) is 0.833. The molecule has 19 heavy (non-hydrogen) atoms. The van der Waals surface area contributed by atoms with Gasteiger partial charge in [0.05, 0.1) is 5.75 Å². The summed E-state index contributed by atoms with van der Waals surface area (Å²) in [7, 11) is -3.43. The lowest BCUT2D eigenvalue weighted by molar-refractivity contribution is -0.142. The van der Waals surface area contributed by atoms with E-state index in [1.807, 2.05) is 13.8 Å². The molecule has 0 aromatic carbocycles. The Hall–Kier alpha value is -1.11. The predicted octanol–water partition coefficient (Wildman–Crippen LogP) is 0.569. The third-order valence-corrected chi connectivity index (χ3v) is 5.37. The SMILES string of the molecule is CC(C)C[C@@H](NC(=O)C1CCCCS1(=O)=O)C(=O)O. The Balaban J connectivity index is 2.73. The highest BCUT2D eigenvalue weighted by Crippen LogP contribution is 2.20. The van der Waals surface area contributed by atoms with Crippen LogP contribution in [0.3, 0.4) is 0 Å². The molecular formula is C12H21NO5S. The number of sulfone groups is 1. The standard InChI is InChI=1S/C12H21NO5S/c1-8(2)7-9(12(15)16)13-11(14)10-5-3-4-6-19(10,17)18/h8-10H,3-7H2,1-2H3,(H,13,14)(H,15,16)/t9-,10?/m1/s1. The molecule has 7 heteroatoms. The van der Waals surface area contributed by atoms with Crippen LogP contribution in [0.25, 0.3) is 0 Å². The lowest BCUT2D eigenvalue weighted by atomic mass is 10.0. The van der Waals surface area contributed by atoms with Gasteiger partial charge in [0, 0.05) is 0 Å². The van der Waals surface area contributed by atoms with Gasteiger partial charge in [-0.25, -0.2) is 13.2 Å². The molecule has 0 aromatic heterocycles. The molecule has 0 bridgehead atoms. The molecule has 2 atom stereocenters. The number of rotatable bonds is 5. The Kier molecular flexibility index (Phi) is 5.34. The Morgan fingerprint density at radius 2 is 1.95 bits per heavy atom. The number of carboxylic acids is 1. The van der Waals surface area contributed by atoms with Crippen LogP contribution in [-0.2, 0) is 19.4 Å². The van der Waals surface area contributed by atoms with E-state index >= 15 is 0 Å². The number of amides is 1. The zero-order valence-electron chi connectivity index (χ0n) is 11.3. The molecular weight excluding hydrogens is 270 g/mol. The average Bonchev–Trinajstić information content (AvgIpc) is 2.26. The third-order valence-electron chi connectivity index (χ3n) is 3.19. The van der Waals surface area contributed by atoms with Crippen LogP contribution in [0.15, 0.2) is 0 Å². The van der Waals surface area contributed by atoms with E-state index in [9.17, 15) is 18.0 Å². The Morgan fingerprint density at radius 1 is 1.32 bits per heavy atom. The van der Waals surface area contributed by atoms with Crippen molar-refractivity contribution < 1.29 is 23.1 Å². The molecule has 0 saturated carbocycles. The third kappa shape index (κ3) is 4.49. The van der Waals surface area contributed by atoms with Crippen LogP contribution < -0.4 is 5.32 Å². The van der Waals surface area contributed by atoms with Crippen LogP contribution in [0.5, 0.6) is 0 Å². The highest BCUT2D eigenvalue weighted by molar-refractivity contribution is 7.92. The molecule has 0 aromatic rings. The molecule has 1 fully saturated rings. The van der Waals surface area contributed by atoms with Crippen LogP contribution in [0.2, 0.25) is 0 Å². The highest BCUT2D eigenvalue weighted by atomic mass is 32.2. The lowest BCUT2D eigenvalue weighted by Gasteiger charge is -2.24. The van der Waals surface area contributed by atoms with E-state index in [1.54, 1.807) is 0 Å². The van der Waals surface area contributed by atoms with Crippen molar-refractivity contribution in [1.29, 1.82) is 0 Å². The van der Waals surface area contributed by atoms with E-state index in [1.165, 1.54) is 0 Å². The van der Waals surface area contributed by atoms with Gasteiger partial charge < -0.3 is 10.4 Å². The van der Waals surface area contributed by atoms with Crippen molar-refractivity contribution in [3.05, 3.63) is 0 Å². The fourth-order valence-electron chi connectivity index (χ4n) is 2.21. The van der Waals surface area contributed by atoms with Crippen molar-refractivity contribution in [3.63, 3.8) is 0 Å². The molecule has 0 spiro atoms. The fourth-order valence-corrected chi connectivity index (χ4v) is 4.02. The number of nitrogens with one attached hydrogen (secondary N) is 1. The molecule has 1 aliphatic heterocycles. The zero-order valence-corrected chi connectivity index (χ0v) is 12.1. The van der Waals surface area contributed by atoms with Gasteiger partial charge in [0.1, 0.15) is 11.3 Å². The van der Waals surface area contributed by atoms with Gasteiger partial charge in [-0.15, -0.1) is 0 Å². The molecule has 1 aliphatic rings. The van der Waals surface area contributed by atoms with Crippen LogP contribution in [0, 0.1) is 5.92 Å². The minimum Gasteiger partial charge on any atom is -0.480 e. The van der Waals surface area contributed by atoms with Gasteiger partial charge in [-0.3, -0.25) is 4.79 Å². The first-order valence-corrected chi connectivity index (χ1v) is 8.20. The number of carbonyl (C=O) groups excluding carboxylic acids is 1. The monoisotopic (exact) mass is 291 g/mol. The minimum absolute atomic E-state index is 0.00695. The van der Waals surface area contributed by atoms with Crippen LogP contribution >= 0.6 is 0 Å². The summed E-state index contributed by atoms with van der Waals surface area (Å²) in [5.41, 5.74) is 0. The molecule has 0 radical (unpaired) electrons. The zero-order chi connectivity index (χ0) is 14.6. The maximum absolute atomic E-state index is 12.0. The van der Waals surface area contributed by atoms with Gasteiger partial charge >= 0.3 is 5.97 Å². The maximum atomic E-state index is 12.0. The number of aliphatic carboxylic acids is 1. The molecule has 1 rings (SSSR count). The average molecular weight is 291 g/mol. The van der Waals surface area contributed by atoms with Crippen molar-refractivity contribution in [2.75, 3.05) is 5.75 Å². The van der Waals surface area contributed by atoms with Crippen molar-refractivity contribution in [3.8, 4) is 0 Å². The molecule has 1 heterocycles. The molecule has 1 unspecified atom stereocenters. The van der Waals surface area contributed by atoms with E-state index in [2.05, 4.69) is 5.32 Å². The summed E-state index contributed by atoms with van der Waals surface area (Å²) in [6, 6.07) is -1.02. The van der Waals surface area contributed by atoms with E-state index < -0.39 is 33.0 Å². The molecule has 110 valence electrons. The second-order valence-electron chi connectivity index (χ2n) is 5.38. The van der Waals surface area contributed by atoms with Gasteiger partial charge in [-0.1, -0.05) is 20.3 Å². The Bertz CT molecular complexity index is 443. The van der Waals surface area contributed by atoms with Crippen molar-refractivity contribution >= 4 is 21.7 Å².